The number of aliphatic carboxylic acids is 1. The predicted octanol–water partition coefficient (Wildman–Crippen LogP) is 2.65. The van der Waals surface area contributed by atoms with E-state index in [1.165, 1.54) is 0 Å². The standard InChI is InChI=1S/C11H13BrO3/c1-15-7-6-9(11(13)14)8-4-2-3-5-10(8)12/h2-5,9H,6-7H2,1H3,(H,13,14). The van der Waals surface area contributed by atoms with Crippen LogP contribution in [0.4, 0.5) is 0 Å². The number of carbonyl (C=O) groups is 1. The van der Waals surface area contributed by atoms with Crippen molar-refractivity contribution < 1.29 is 14.6 Å². The Balaban J connectivity index is 2.89. The van der Waals surface area contributed by atoms with E-state index in [9.17, 15) is 4.79 Å². The Bertz CT molecular complexity index is 338. The molecule has 0 amide bonds. The molecule has 0 fully saturated rings. The first-order chi connectivity index (χ1) is 7.16. The Hall–Kier alpha value is -0.870. The molecule has 15 heavy (non-hydrogen) atoms. The maximum Gasteiger partial charge on any atom is 0.311 e. The van der Waals surface area contributed by atoms with Gasteiger partial charge in [-0.3, -0.25) is 4.79 Å². The maximum atomic E-state index is 11.1. The minimum absolute atomic E-state index is 0.443. The molecule has 0 heterocycles. The summed E-state index contributed by atoms with van der Waals surface area (Å²) in [6.07, 6.45) is 0.481. The number of benzene rings is 1. The van der Waals surface area contributed by atoms with Crippen LogP contribution in [0.15, 0.2) is 28.7 Å². The van der Waals surface area contributed by atoms with Gasteiger partial charge >= 0.3 is 5.97 Å². The van der Waals surface area contributed by atoms with Gasteiger partial charge < -0.3 is 9.84 Å². The Labute approximate surface area is 97.2 Å². The molecule has 0 aliphatic heterocycles. The van der Waals surface area contributed by atoms with E-state index in [2.05, 4.69) is 15.9 Å². The lowest BCUT2D eigenvalue weighted by Gasteiger charge is -2.13. The molecule has 0 radical (unpaired) electrons. The maximum absolute atomic E-state index is 11.1. The Morgan fingerprint density at radius 3 is 2.73 bits per heavy atom. The Morgan fingerprint density at radius 2 is 2.20 bits per heavy atom. The second-order valence-corrected chi connectivity index (χ2v) is 4.05. The predicted molar refractivity (Wildman–Crippen MR) is 61.0 cm³/mol. The monoisotopic (exact) mass is 272 g/mol. The summed E-state index contributed by atoms with van der Waals surface area (Å²) in [6.45, 7) is 0.443. The van der Waals surface area contributed by atoms with E-state index in [4.69, 9.17) is 9.84 Å². The molecule has 0 bridgehead atoms. The number of methoxy groups -OCH3 is 1. The zero-order chi connectivity index (χ0) is 11.3. The highest BCUT2D eigenvalue weighted by molar-refractivity contribution is 9.10. The molecule has 3 nitrogen and oxygen atoms in total. The second kappa shape index (κ2) is 5.88. The minimum Gasteiger partial charge on any atom is -0.481 e. The Kier molecular flexibility index (Phi) is 4.78. The molecule has 0 aliphatic carbocycles. The van der Waals surface area contributed by atoms with Crippen molar-refractivity contribution >= 4 is 21.9 Å². The third-order valence-electron chi connectivity index (χ3n) is 2.19. The average Bonchev–Trinajstić information content (AvgIpc) is 2.20. The summed E-state index contributed by atoms with van der Waals surface area (Å²) in [4.78, 5) is 11.1. The number of carboxylic acids is 1. The van der Waals surface area contributed by atoms with E-state index in [0.29, 0.717) is 13.0 Å². The highest BCUT2D eigenvalue weighted by Gasteiger charge is 2.21. The van der Waals surface area contributed by atoms with Crippen LogP contribution in [0.1, 0.15) is 17.9 Å². The first kappa shape index (κ1) is 12.2. The van der Waals surface area contributed by atoms with Gasteiger partial charge in [-0.05, 0) is 18.1 Å². The molecule has 1 atom stereocenters. The number of hydrogen-bond acceptors (Lipinski definition) is 2. The smallest absolute Gasteiger partial charge is 0.311 e. The van der Waals surface area contributed by atoms with Gasteiger partial charge in [0.05, 0.1) is 5.92 Å². The van der Waals surface area contributed by atoms with E-state index >= 15 is 0 Å². The molecule has 1 rings (SSSR count). The fraction of sp³-hybridized carbons (Fsp3) is 0.364. The lowest BCUT2D eigenvalue weighted by molar-refractivity contribution is -0.139. The van der Waals surface area contributed by atoms with Crippen LogP contribution < -0.4 is 0 Å². The molecule has 82 valence electrons. The van der Waals surface area contributed by atoms with Gasteiger partial charge in [0.1, 0.15) is 0 Å². The summed E-state index contributed by atoms with van der Waals surface area (Å²) in [5.41, 5.74) is 0.794. The van der Waals surface area contributed by atoms with Gasteiger partial charge in [0.25, 0.3) is 0 Å². The van der Waals surface area contributed by atoms with Gasteiger partial charge in [0.15, 0.2) is 0 Å². The molecular weight excluding hydrogens is 260 g/mol. The van der Waals surface area contributed by atoms with E-state index in [-0.39, 0.29) is 0 Å². The van der Waals surface area contributed by atoms with Gasteiger partial charge in [-0.25, -0.2) is 0 Å². The van der Waals surface area contributed by atoms with Gasteiger partial charge in [-0.15, -0.1) is 0 Å². The van der Waals surface area contributed by atoms with Gasteiger partial charge in [-0.1, -0.05) is 34.1 Å². The SMILES string of the molecule is COCCC(C(=O)O)c1ccccc1Br. The zero-order valence-electron chi connectivity index (χ0n) is 8.44. The second-order valence-electron chi connectivity index (χ2n) is 3.19. The van der Waals surface area contributed by atoms with Crippen LogP contribution in [0.3, 0.4) is 0 Å². The normalized spacial score (nSPS) is 12.4. The first-order valence-electron chi connectivity index (χ1n) is 4.63. The molecule has 1 unspecified atom stereocenters. The zero-order valence-corrected chi connectivity index (χ0v) is 10.0. The number of carboxylic acid groups (broad SMARTS) is 1. The third kappa shape index (κ3) is 3.32. The number of hydrogen-bond donors (Lipinski definition) is 1. The average molecular weight is 273 g/mol. The third-order valence-corrected chi connectivity index (χ3v) is 2.91. The molecule has 1 aromatic rings. The van der Waals surface area contributed by atoms with Crippen molar-refractivity contribution in [2.24, 2.45) is 0 Å². The van der Waals surface area contributed by atoms with Crippen LogP contribution in [-0.2, 0) is 9.53 Å². The Morgan fingerprint density at radius 1 is 1.53 bits per heavy atom. The molecule has 1 N–H and O–H groups in total. The van der Waals surface area contributed by atoms with Crippen molar-refractivity contribution in [3.8, 4) is 0 Å². The molecule has 0 aromatic heterocycles. The molecule has 4 heteroatoms. The van der Waals surface area contributed by atoms with Crippen LogP contribution in [-0.4, -0.2) is 24.8 Å². The molecule has 1 aromatic carbocycles. The number of rotatable bonds is 5. The van der Waals surface area contributed by atoms with Crippen molar-refractivity contribution in [1.29, 1.82) is 0 Å². The summed E-state index contributed by atoms with van der Waals surface area (Å²) >= 11 is 3.35. The van der Waals surface area contributed by atoms with E-state index in [1.54, 1.807) is 7.11 Å². The van der Waals surface area contributed by atoms with Crippen molar-refractivity contribution in [2.45, 2.75) is 12.3 Å². The molecule has 0 saturated carbocycles. The van der Waals surface area contributed by atoms with E-state index in [1.807, 2.05) is 24.3 Å². The van der Waals surface area contributed by atoms with Crippen LogP contribution in [0.5, 0.6) is 0 Å². The number of halogens is 1. The highest BCUT2D eigenvalue weighted by Crippen LogP contribution is 2.27. The summed E-state index contributed by atoms with van der Waals surface area (Å²) in [5.74, 6) is -1.33. The largest absolute Gasteiger partial charge is 0.481 e. The molecule has 0 aliphatic rings. The summed E-state index contributed by atoms with van der Waals surface area (Å²) in [5, 5.41) is 9.10. The first-order valence-corrected chi connectivity index (χ1v) is 5.42. The summed E-state index contributed by atoms with van der Waals surface area (Å²) < 4.78 is 5.73. The topological polar surface area (TPSA) is 46.5 Å². The fourth-order valence-electron chi connectivity index (χ4n) is 1.41. The lowest BCUT2D eigenvalue weighted by atomic mass is 9.96. The van der Waals surface area contributed by atoms with Gasteiger partial charge in [-0.2, -0.15) is 0 Å². The van der Waals surface area contributed by atoms with Crippen LogP contribution in [0.2, 0.25) is 0 Å². The van der Waals surface area contributed by atoms with Crippen LogP contribution in [0, 0.1) is 0 Å². The lowest BCUT2D eigenvalue weighted by Crippen LogP contribution is -2.14. The van der Waals surface area contributed by atoms with Crippen LogP contribution >= 0.6 is 15.9 Å². The molecular formula is C11H13BrO3. The quantitative estimate of drug-likeness (QED) is 0.897. The minimum atomic E-state index is -0.820. The van der Waals surface area contributed by atoms with E-state index < -0.39 is 11.9 Å². The number of ether oxygens (including phenoxy) is 1. The van der Waals surface area contributed by atoms with Gasteiger partial charge in [0.2, 0.25) is 0 Å². The summed E-state index contributed by atoms with van der Waals surface area (Å²) in [6, 6.07) is 7.36. The molecule has 0 spiro atoms. The van der Waals surface area contributed by atoms with Crippen molar-refractivity contribution in [3.05, 3.63) is 34.3 Å². The van der Waals surface area contributed by atoms with E-state index in [0.717, 1.165) is 10.0 Å². The van der Waals surface area contributed by atoms with Crippen molar-refractivity contribution in [2.75, 3.05) is 13.7 Å². The fourth-order valence-corrected chi connectivity index (χ4v) is 1.97. The molecule has 0 saturated heterocycles. The highest BCUT2D eigenvalue weighted by atomic mass is 79.9. The van der Waals surface area contributed by atoms with Crippen molar-refractivity contribution in [1.82, 2.24) is 0 Å². The summed E-state index contributed by atoms with van der Waals surface area (Å²) in [7, 11) is 1.57. The van der Waals surface area contributed by atoms with Gasteiger partial charge in [0, 0.05) is 18.2 Å². The van der Waals surface area contributed by atoms with Crippen molar-refractivity contribution in [3.63, 3.8) is 0 Å². The van der Waals surface area contributed by atoms with Crippen LogP contribution in [0.25, 0.3) is 0 Å².